The second-order valence-corrected chi connectivity index (χ2v) is 8.51. The van der Waals surface area contributed by atoms with Gasteiger partial charge < -0.3 is 15.2 Å². The van der Waals surface area contributed by atoms with Crippen LogP contribution >= 0.6 is 0 Å². The summed E-state index contributed by atoms with van der Waals surface area (Å²) in [5.74, 6) is -0.438. The van der Waals surface area contributed by atoms with Crippen molar-refractivity contribution in [3.05, 3.63) is 83.6 Å². The number of hydrogen-bond donors (Lipinski definition) is 2. The van der Waals surface area contributed by atoms with E-state index in [0.717, 1.165) is 30.5 Å². The molecule has 0 radical (unpaired) electrons. The van der Waals surface area contributed by atoms with Gasteiger partial charge in [-0.25, -0.2) is 0 Å². The SMILES string of the molecule is CC(CCc1ccc(C(=O)NCCC(=O)O)cc1)COc1ccc(-c2ccc(C(F)(F)F)cc2)nc1. The van der Waals surface area contributed by atoms with E-state index in [1.165, 1.54) is 12.1 Å². The third-order valence-electron chi connectivity index (χ3n) is 5.55. The van der Waals surface area contributed by atoms with Crippen molar-refractivity contribution < 1.29 is 32.6 Å². The highest BCUT2D eigenvalue weighted by atomic mass is 19.4. The molecule has 0 aliphatic rings. The fourth-order valence-corrected chi connectivity index (χ4v) is 3.41. The predicted octanol–water partition coefficient (Wildman–Crippen LogP) is 5.62. The van der Waals surface area contributed by atoms with Gasteiger partial charge in [0.05, 0.1) is 30.5 Å². The molecule has 0 aliphatic carbocycles. The molecule has 0 fully saturated rings. The zero-order valence-corrected chi connectivity index (χ0v) is 19.7. The summed E-state index contributed by atoms with van der Waals surface area (Å²) in [5, 5.41) is 11.2. The van der Waals surface area contributed by atoms with Crippen molar-refractivity contribution in [2.45, 2.75) is 32.4 Å². The Hall–Kier alpha value is -3.88. The van der Waals surface area contributed by atoms with Gasteiger partial charge in [-0.15, -0.1) is 0 Å². The van der Waals surface area contributed by atoms with E-state index in [1.54, 1.807) is 30.5 Å². The highest BCUT2D eigenvalue weighted by molar-refractivity contribution is 5.94. The van der Waals surface area contributed by atoms with Gasteiger partial charge in [-0.05, 0) is 60.7 Å². The van der Waals surface area contributed by atoms with Crippen LogP contribution in [0, 0.1) is 5.92 Å². The van der Waals surface area contributed by atoms with Crippen molar-refractivity contribution in [1.82, 2.24) is 10.3 Å². The fraction of sp³-hybridized carbons (Fsp3) is 0.296. The molecule has 190 valence electrons. The minimum atomic E-state index is -4.37. The largest absolute Gasteiger partial charge is 0.492 e. The molecule has 3 rings (SSSR count). The monoisotopic (exact) mass is 500 g/mol. The quantitative estimate of drug-likeness (QED) is 0.357. The molecule has 1 atom stereocenters. The molecular formula is C27H27F3N2O4. The van der Waals surface area contributed by atoms with E-state index in [2.05, 4.69) is 17.2 Å². The van der Waals surface area contributed by atoms with E-state index >= 15 is 0 Å². The number of carbonyl (C=O) groups excluding carboxylic acids is 1. The third-order valence-corrected chi connectivity index (χ3v) is 5.55. The Morgan fingerprint density at radius 3 is 2.31 bits per heavy atom. The fourth-order valence-electron chi connectivity index (χ4n) is 3.41. The minimum Gasteiger partial charge on any atom is -0.492 e. The number of carboxylic acid groups (broad SMARTS) is 1. The van der Waals surface area contributed by atoms with Gasteiger partial charge in [-0.2, -0.15) is 13.2 Å². The first-order valence-electron chi connectivity index (χ1n) is 11.5. The van der Waals surface area contributed by atoms with Crippen molar-refractivity contribution in [2.24, 2.45) is 5.92 Å². The van der Waals surface area contributed by atoms with Crippen LogP contribution in [0.3, 0.4) is 0 Å². The van der Waals surface area contributed by atoms with Crippen LogP contribution in [-0.2, 0) is 17.4 Å². The molecule has 1 amide bonds. The van der Waals surface area contributed by atoms with Gasteiger partial charge in [0.1, 0.15) is 5.75 Å². The maximum Gasteiger partial charge on any atom is 0.416 e. The van der Waals surface area contributed by atoms with Gasteiger partial charge in [0.25, 0.3) is 5.91 Å². The Kier molecular flexibility index (Phi) is 9.05. The lowest BCUT2D eigenvalue weighted by Gasteiger charge is -2.13. The van der Waals surface area contributed by atoms with E-state index < -0.39 is 17.7 Å². The van der Waals surface area contributed by atoms with Gasteiger partial charge in [0, 0.05) is 17.7 Å². The minimum absolute atomic E-state index is 0.0841. The van der Waals surface area contributed by atoms with Crippen LogP contribution in [0.1, 0.15) is 41.3 Å². The number of aliphatic carboxylic acids is 1. The Bertz CT molecular complexity index is 1150. The molecule has 2 N–H and O–H groups in total. The van der Waals surface area contributed by atoms with E-state index in [9.17, 15) is 22.8 Å². The number of ether oxygens (including phenoxy) is 1. The van der Waals surface area contributed by atoms with Crippen molar-refractivity contribution in [3.8, 4) is 17.0 Å². The Balaban J connectivity index is 1.43. The smallest absolute Gasteiger partial charge is 0.416 e. The maximum atomic E-state index is 12.7. The van der Waals surface area contributed by atoms with E-state index in [4.69, 9.17) is 9.84 Å². The first kappa shape index (κ1) is 26.7. The molecule has 0 saturated carbocycles. The average Bonchev–Trinajstić information content (AvgIpc) is 2.86. The zero-order chi connectivity index (χ0) is 26.1. The highest BCUT2D eigenvalue weighted by Gasteiger charge is 2.30. The molecule has 6 nitrogen and oxygen atoms in total. The van der Waals surface area contributed by atoms with Gasteiger partial charge in [0.2, 0.25) is 0 Å². The second-order valence-electron chi connectivity index (χ2n) is 8.51. The first-order chi connectivity index (χ1) is 17.1. The van der Waals surface area contributed by atoms with Gasteiger partial charge in [-0.1, -0.05) is 31.2 Å². The van der Waals surface area contributed by atoms with Crippen molar-refractivity contribution >= 4 is 11.9 Å². The van der Waals surface area contributed by atoms with Crippen LogP contribution in [0.15, 0.2) is 66.9 Å². The summed E-state index contributed by atoms with van der Waals surface area (Å²) in [6, 6.07) is 15.5. The topological polar surface area (TPSA) is 88.5 Å². The number of alkyl halides is 3. The standard InChI is InChI=1S/C27H27F3N2O4/c1-18(2-3-19-4-6-21(7-5-19)26(35)31-15-14-25(33)34)17-36-23-12-13-24(32-16-23)20-8-10-22(11-9-20)27(28,29)30/h4-13,16,18H,2-3,14-15,17H2,1H3,(H,31,35)(H,33,34). The van der Waals surface area contributed by atoms with Crippen LogP contribution in [0.4, 0.5) is 13.2 Å². The maximum absolute atomic E-state index is 12.7. The average molecular weight is 501 g/mol. The van der Waals surface area contributed by atoms with Crippen molar-refractivity contribution in [3.63, 3.8) is 0 Å². The van der Waals surface area contributed by atoms with Crippen LogP contribution in [0.5, 0.6) is 5.75 Å². The van der Waals surface area contributed by atoms with Gasteiger partial charge >= 0.3 is 12.1 Å². The number of aromatic nitrogens is 1. The van der Waals surface area contributed by atoms with Gasteiger partial charge in [-0.3, -0.25) is 14.6 Å². The predicted molar refractivity (Wildman–Crippen MR) is 129 cm³/mol. The van der Waals surface area contributed by atoms with E-state index in [-0.39, 0.29) is 24.8 Å². The lowest BCUT2D eigenvalue weighted by atomic mass is 10.0. The van der Waals surface area contributed by atoms with Crippen LogP contribution in [0.25, 0.3) is 11.3 Å². The van der Waals surface area contributed by atoms with Crippen molar-refractivity contribution in [2.75, 3.05) is 13.2 Å². The Labute approximate surface area is 207 Å². The summed E-state index contributed by atoms with van der Waals surface area (Å²) in [4.78, 5) is 26.8. The molecule has 1 heterocycles. The third kappa shape index (κ3) is 8.11. The number of carbonyl (C=O) groups is 2. The number of rotatable bonds is 11. The number of halogens is 3. The Morgan fingerprint density at radius 2 is 1.72 bits per heavy atom. The van der Waals surface area contributed by atoms with Crippen LogP contribution < -0.4 is 10.1 Å². The van der Waals surface area contributed by atoms with E-state index in [1.807, 2.05) is 12.1 Å². The summed E-state index contributed by atoms with van der Waals surface area (Å²) < 4.78 is 44.0. The number of amides is 1. The molecule has 0 aliphatic heterocycles. The molecule has 1 unspecified atom stereocenters. The molecule has 1 aromatic heterocycles. The van der Waals surface area contributed by atoms with Crippen molar-refractivity contribution in [1.29, 1.82) is 0 Å². The summed E-state index contributed by atoms with van der Waals surface area (Å²) in [6.07, 6.45) is -1.27. The number of nitrogens with one attached hydrogen (secondary N) is 1. The number of hydrogen-bond acceptors (Lipinski definition) is 4. The Morgan fingerprint density at radius 1 is 1.03 bits per heavy atom. The van der Waals surface area contributed by atoms with Crippen LogP contribution in [0.2, 0.25) is 0 Å². The molecule has 0 bridgehead atoms. The summed E-state index contributed by atoms with van der Waals surface area (Å²) in [6.45, 7) is 2.63. The summed E-state index contributed by atoms with van der Waals surface area (Å²) in [7, 11) is 0. The molecule has 0 saturated heterocycles. The first-order valence-corrected chi connectivity index (χ1v) is 11.5. The summed E-state index contributed by atoms with van der Waals surface area (Å²) >= 11 is 0. The van der Waals surface area contributed by atoms with Crippen LogP contribution in [-0.4, -0.2) is 35.1 Å². The highest BCUT2D eigenvalue weighted by Crippen LogP contribution is 2.30. The molecule has 2 aromatic carbocycles. The molecule has 0 spiro atoms. The second kappa shape index (κ2) is 12.2. The molecule has 3 aromatic rings. The number of nitrogens with zero attached hydrogens (tertiary/aromatic N) is 1. The number of aryl methyl sites for hydroxylation is 1. The number of carboxylic acids is 1. The zero-order valence-electron chi connectivity index (χ0n) is 19.7. The number of pyridine rings is 1. The normalized spacial score (nSPS) is 12.1. The van der Waals surface area contributed by atoms with Gasteiger partial charge in [0.15, 0.2) is 0 Å². The number of benzene rings is 2. The molecular weight excluding hydrogens is 473 g/mol. The lowest BCUT2D eigenvalue weighted by molar-refractivity contribution is -0.138. The summed E-state index contributed by atoms with van der Waals surface area (Å²) in [5.41, 5.74) is 2.00. The lowest BCUT2D eigenvalue weighted by Crippen LogP contribution is -2.25. The molecule has 36 heavy (non-hydrogen) atoms. The van der Waals surface area contributed by atoms with E-state index in [0.29, 0.717) is 29.2 Å². The molecule has 9 heteroatoms.